The summed E-state index contributed by atoms with van der Waals surface area (Å²) in [6, 6.07) is 32.4. The van der Waals surface area contributed by atoms with Crippen molar-refractivity contribution in [2.75, 3.05) is 53.4 Å². The lowest BCUT2D eigenvalue weighted by molar-refractivity contribution is -0.141. The molecular weight excluding hydrogens is 929 g/mol. The molecule has 14 heteroatoms. The molecule has 14 nitrogen and oxygen atoms in total. The number of amides is 6. The highest BCUT2D eigenvalue weighted by Gasteiger charge is 2.42. The molecule has 0 spiro atoms. The van der Waals surface area contributed by atoms with Crippen molar-refractivity contribution in [2.45, 2.75) is 130 Å². The summed E-state index contributed by atoms with van der Waals surface area (Å²) >= 11 is 0. The van der Waals surface area contributed by atoms with Crippen molar-refractivity contribution in [2.24, 2.45) is 10.8 Å². The summed E-state index contributed by atoms with van der Waals surface area (Å²) in [6.07, 6.45) is 4.39. The zero-order valence-corrected chi connectivity index (χ0v) is 45.6. The van der Waals surface area contributed by atoms with Crippen LogP contribution in [0.1, 0.15) is 113 Å². The van der Waals surface area contributed by atoms with E-state index in [0.717, 1.165) is 47.9 Å². The topological polar surface area (TPSA) is 163 Å². The van der Waals surface area contributed by atoms with Crippen LogP contribution in [-0.4, -0.2) is 145 Å². The Morgan fingerprint density at radius 1 is 0.527 bits per heavy atom. The van der Waals surface area contributed by atoms with E-state index in [4.69, 9.17) is 0 Å². The lowest BCUT2D eigenvalue weighted by Gasteiger charge is -2.37. The molecule has 0 radical (unpaired) electrons. The molecule has 4 aromatic rings. The van der Waals surface area contributed by atoms with Crippen LogP contribution in [-0.2, 0) is 32.0 Å². The van der Waals surface area contributed by atoms with Gasteiger partial charge in [-0.3, -0.25) is 28.8 Å². The zero-order valence-electron chi connectivity index (χ0n) is 45.6. The van der Waals surface area contributed by atoms with Gasteiger partial charge < -0.3 is 40.9 Å². The Morgan fingerprint density at radius 2 is 0.865 bits per heavy atom. The first-order valence-electron chi connectivity index (χ1n) is 26.6. The standard InChI is InChI=1S/C60H82N8O6/c1-41(61-9)53(69)63-51(59(3,4)5)57(73)67-35-17-23-49(67)39-65(37-33-43-19-13-11-14-20-43)55(71)47-29-25-45(26-30-47)46-27-31-48(32-28-46)56(72)66(38-34-44-21-15-12-16-22-44)40-50-24-18-36-68(50)58(74)52(60(6,7)8)64-54(70)42(2)62-10/h11-16,19-22,25-32,41-42,49-52,61-62H,17-18,23-24,33-40H2,1-10H3,(H,63,69)(H,64,70)/t41-,42-,49-,50+,51+,52+/m0/s1. The first-order valence-corrected chi connectivity index (χ1v) is 26.6. The number of nitrogens with one attached hydrogen (secondary N) is 4. The lowest BCUT2D eigenvalue weighted by atomic mass is 9.85. The number of hydrogen-bond acceptors (Lipinski definition) is 8. The second-order valence-corrected chi connectivity index (χ2v) is 22.4. The first kappa shape index (κ1) is 56.9. The maximum atomic E-state index is 14.6. The van der Waals surface area contributed by atoms with Crippen LogP contribution in [0.15, 0.2) is 109 Å². The summed E-state index contributed by atoms with van der Waals surface area (Å²) in [5.41, 5.74) is 3.97. The first-order chi connectivity index (χ1) is 35.2. The predicted molar refractivity (Wildman–Crippen MR) is 293 cm³/mol. The molecule has 0 aromatic heterocycles. The van der Waals surface area contributed by atoms with Gasteiger partial charge in [0, 0.05) is 62.5 Å². The third-order valence-corrected chi connectivity index (χ3v) is 14.8. The minimum atomic E-state index is -0.736. The van der Waals surface area contributed by atoms with Gasteiger partial charge in [-0.25, -0.2) is 0 Å². The Kier molecular flexibility index (Phi) is 19.8. The summed E-state index contributed by atoms with van der Waals surface area (Å²) < 4.78 is 0. The largest absolute Gasteiger partial charge is 0.342 e. The molecule has 0 aliphatic carbocycles. The van der Waals surface area contributed by atoms with Crippen LogP contribution in [0.2, 0.25) is 0 Å². The lowest BCUT2D eigenvalue weighted by Crippen LogP contribution is -2.59. The molecule has 6 amide bonds. The van der Waals surface area contributed by atoms with E-state index < -0.39 is 35.0 Å². The highest BCUT2D eigenvalue weighted by molar-refractivity contribution is 5.96. The maximum Gasteiger partial charge on any atom is 0.253 e. The summed E-state index contributed by atoms with van der Waals surface area (Å²) in [4.78, 5) is 91.4. The van der Waals surface area contributed by atoms with E-state index in [1.54, 1.807) is 27.9 Å². The van der Waals surface area contributed by atoms with Crippen LogP contribution in [0.25, 0.3) is 11.1 Å². The van der Waals surface area contributed by atoms with E-state index in [9.17, 15) is 28.8 Å². The van der Waals surface area contributed by atoms with Crippen molar-refractivity contribution in [1.29, 1.82) is 0 Å². The van der Waals surface area contributed by atoms with Gasteiger partial charge in [0.25, 0.3) is 11.8 Å². The third-order valence-electron chi connectivity index (χ3n) is 14.8. The summed E-state index contributed by atoms with van der Waals surface area (Å²) in [7, 11) is 3.43. The molecule has 2 aliphatic rings. The Bertz CT molecular complexity index is 2330. The fourth-order valence-corrected chi connectivity index (χ4v) is 9.91. The van der Waals surface area contributed by atoms with Crippen LogP contribution in [0.3, 0.4) is 0 Å². The quantitative estimate of drug-likeness (QED) is 0.0695. The molecule has 2 heterocycles. The molecule has 398 valence electrons. The molecular formula is C60H82N8O6. The normalized spacial score (nSPS) is 17.5. The van der Waals surface area contributed by atoms with Crippen molar-refractivity contribution < 1.29 is 28.8 Å². The molecule has 0 unspecified atom stereocenters. The van der Waals surface area contributed by atoms with Gasteiger partial charge in [-0.05, 0) is 124 Å². The fourth-order valence-electron chi connectivity index (χ4n) is 9.91. The smallest absolute Gasteiger partial charge is 0.253 e. The number of likely N-dealkylation sites (N-methyl/N-ethyl adjacent to an activating group) is 2. The number of carbonyl (C=O) groups excluding carboxylic acids is 6. The molecule has 2 fully saturated rings. The number of nitrogens with zero attached hydrogens (tertiary/aromatic N) is 4. The van der Waals surface area contributed by atoms with Crippen LogP contribution in [0.4, 0.5) is 0 Å². The minimum absolute atomic E-state index is 0.128. The van der Waals surface area contributed by atoms with E-state index in [1.807, 2.05) is 146 Å². The monoisotopic (exact) mass is 1010 g/mol. The molecule has 2 aliphatic heterocycles. The summed E-state index contributed by atoms with van der Waals surface area (Å²) in [5.74, 6) is -1.00. The van der Waals surface area contributed by atoms with Gasteiger partial charge in [-0.15, -0.1) is 0 Å². The molecule has 6 rings (SSSR count). The number of rotatable bonds is 21. The van der Waals surface area contributed by atoms with Crippen molar-refractivity contribution in [1.82, 2.24) is 40.9 Å². The Balaban J connectivity index is 1.18. The predicted octanol–water partition coefficient (Wildman–Crippen LogP) is 6.98. The van der Waals surface area contributed by atoms with Gasteiger partial charge in [0.05, 0.1) is 12.1 Å². The molecule has 4 aromatic carbocycles. The number of hydrogen-bond donors (Lipinski definition) is 4. The fraction of sp³-hybridized carbons (Fsp3) is 0.500. The van der Waals surface area contributed by atoms with Gasteiger partial charge in [-0.1, -0.05) is 126 Å². The molecule has 4 N–H and O–H groups in total. The van der Waals surface area contributed by atoms with Crippen molar-refractivity contribution in [3.8, 4) is 11.1 Å². The van der Waals surface area contributed by atoms with Crippen LogP contribution < -0.4 is 21.3 Å². The zero-order chi connectivity index (χ0) is 53.7. The van der Waals surface area contributed by atoms with E-state index in [0.29, 0.717) is 63.2 Å². The minimum Gasteiger partial charge on any atom is -0.342 e. The van der Waals surface area contributed by atoms with Crippen molar-refractivity contribution in [3.05, 3.63) is 131 Å². The van der Waals surface area contributed by atoms with Crippen molar-refractivity contribution in [3.63, 3.8) is 0 Å². The summed E-state index contributed by atoms with van der Waals surface area (Å²) in [6.45, 7) is 18.0. The number of benzene rings is 4. The van der Waals surface area contributed by atoms with E-state index in [1.165, 1.54) is 0 Å². The average Bonchev–Trinajstić information content (AvgIpc) is 4.08. The second-order valence-electron chi connectivity index (χ2n) is 22.4. The highest BCUT2D eigenvalue weighted by Crippen LogP contribution is 2.30. The number of carbonyl (C=O) groups is 6. The SMILES string of the molecule is CN[C@@H](C)C(=O)N[C@H](C(=O)N1CCC[C@@H]1CN(CCc1ccccc1)C(=O)c1ccc(-c2ccc(C(=O)N(CCc3ccccc3)C[C@@H]3CCCN3C(=O)[C@@H](NC(=O)[C@H](C)NC)C(C)(C)C)cc2)cc1)C(C)(C)C. The maximum absolute atomic E-state index is 14.6. The Hall–Kier alpha value is -6.38. The molecule has 2 saturated heterocycles. The van der Waals surface area contributed by atoms with E-state index in [2.05, 4.69) is 45.5 Å². The van der Waals surface area contributed by atoms with Gasteiger partial charge in [-0.2, -0.15) is 0 Å². The van der Waals surface area contributed by atoms with Crippen LogP contribution in [0.5, 0.6) is 0 Å². The third kappa shape index (κ3) is 14.9. The molecule has 74 heavy (non-hydrogen) atoms. The van der Waals surface area contributed by atoms with Crippen LogP contribution in [0, 0.1) is 10.8 Å². The second kappa shape index (κ2) is 25.7. The molecule has 0 saturated carbocycles. The van der Waals surface area contributed by atoms with E-state index in [-0.39, 0.29) is 47.5 Å². The highest BCUT2D eigenvalue weighted by atomic mass is 16.2. The van der Waals surface area contributed by atoms with Gasteiger partial charge in [0.2, 0.25) is 23.6 Å². The Morgan fingerprint density at radius 3 is 1.18 bits per heavy atom. The van der Waals surface area contributed by atoms with Gasteiger partial charge >= 0.3 is 0 Å². The van der Waals surface area contributed by atoms with Crippen LogP contribution >= 0.6 is 0 Å². The molecule has 6 atom stereocenters. The number of likely N-dealkylation sites (tertiary alicyclic amines) is 2. The van der Waals surface area contributed by atoms with Gasteiger partial charge in [0.15, 0.2) is 0 Å². The average molecular weight is 1010 g/mol. The Labute approximate surface area is 440 Å². The van der Waals surface area contributed by atoms with E-state index >= 15 is 0 Å². The summed E-state index contributed by atoms with van der Waals surface area (Å²) in [5, 5.41) is 12.0. The molecule has 0 bridgehead atoms. The van der Waals surface area contributed by atoms with Crippen molar-refractivity contribution >= 4 is 35.4 Å². The van der Waals surface area contributed by atoms with Gasteiger partial charge in [0.1, 0.15) is 12.1 Å².